The van der Waals surface area contributed by atoms with Crippen LogP contribution in [0.2, 0.25) is 0 Å². The maximum Gasteiger partial charge on any atom is 0.123 e. The molecule has 2 aliphatic rings. The van der Waals surface area contributed by atoms with Crippen LogP contribution in [0.4, 0.5) is 0 Å². The summed E-state index contributed by atoms with van der Waals surface area (Å²) in [5, 5.41) is 10.1. The molecule has 0 aliphatic carbocycles. The molecule has 2 heterocycles. The van der Waals surface area contributed by atoms with Crippen molar-refractivity contribution in [1.29, 1.82) is 0 Å². The van der Waals surface area contributed by atoms with Crippen molar-refractivity contribution >= 4 is 0 Å². The zero-order valence-corrected chi connectivity index (χ0v) is 12.6. The van der Waals surface area contributed by atoms with Gasteiger partial charge in [-0.1, -0.05) is 17.7 Å². The molecule has 2 aliphatic heterocycles. The Balaban J connectivity index is 1.58. The van der Waals surface area contributed by atoms with E-state index < -0.39 is 5.60 Å². The van der Waals surface area contributed by atoms with Gasteiger partial charge in [-0.3, -0.25) is 4.90 Å². The molecule has 1 aromatic carbocycles. The van der Waals surface area contributed by atoms with E-state index in [4.69, 9.17) is 4.74 Å². The Bertz CT molecular complexity index is 484. The Morgan fingerprint density at radius 1 is 1.35 bits per heavy atom. The number of benzene rings is 1. The molecule has 0 saturated carbocycles. The Kier molecular flexibility index (Phi) is 3.74. The highest BCUT2D eigenvalue weighted by Gasteiger charge is 2.29. The van der Waals surface area contributed by atoms with Crippen LogP contribution in [-0.4, -0.2) is 41.3 Å². The van der Waals surface area contributed by atoms with Crippen LogP contribution < -0.4 is 4.74 Å². The monoisotopic (exact) mass is 275 g/mol. The fraction of sp³-hybridized carbons (Fsp3) is 0.647. The number of aliphatic hydroxyl groups is 1. The standard InChI is InChI=1S/C17H25NO2/c1-13-4-5-16-14(10-13)11-15(20-16)12-18-8-3-6-17(2,19)7-9-18/h4-5,10,15,19H,3,6-9,11-12H2,1-2H3. The summed E-state index contributed by atoms with van der Waals surface area (Å²) in [6, 6.07) is 6.45. The molecule has 0 aromatic heterocycles. The molecule has 1 saturated heterocycles. The molecule has 0 radical (unpaired) electrons. The number of rotatable bonds is 2. The van der Waals surface area contributed by atoms with E-state index in [1.54, 1.807) is 0 Å². The summed E-state index contributed by atoms with van der Waals surface area (Å²) in [7, 11) is 0. The quantitative estimate of drug-likeness (QED) is 0.900. The van der Waals surface area contributed by atoms with Gasteiger partial charge in [0.2, 0.25) is 0 Å². The minimum atomic E-state index is -0.481. The predicted molar refractivity (Wildman–Crippen MR) is 80.2 cm³/mol. The molecular formula is C17H25NO2. The second kappa shape index (κ2) is 5.38. The maximum atomic E-state index is 10.1. The first-order chi connectivity index (χ1) is 9.52. The molecule has 2 atom stereocenters. The van der Waals surface area contributed by atoms with Crippen molar-refractivity contribution < 1.29 is 9.84 Å². The number of aryl methyl sites for hydroxylation is 1. The molecule has 1 fully saturated rings. The van der Waals surface area contributed by atoms with Crippen LogP contribution in [0.3, 0.4) is 0 Å². The molecule has 3 rings (SSSR count). The lowest BCUT2D eigenvalue weighted by atomic mass is 9.98. The molecule has 0 spiro atoms. The normalized spacial score (nSPS) is 30.6. The van der Waals surface area contributed by atoms with E-state index in [2.05, 4.69) is 30.0 Å². The van der Waals surface area contributed by atoms with Gasteiger partial charge in [-0.05, 0) is 51.3 Å². The van der Waals surface area contributed by atoms with Crippen LogP contribution in [0.15, 0.2) is 18.2 Å². The Hall–Kier alpha value is -1.06. The first kappa shape index (κ1) is 13.9. The van der Waals surface area contributed by atoms with Crippen molar-refractivity contribution in [3.05, 3.63) is 29.3 Å². The number of nitrogens with zero attached hydrogens (tertiary/aromatic N) is 1. The summed E-state index contributed by atoms with van der Waals surface area (Å²) in [6.07, 6.45) is 4.14. The van der Waals surface area contributed by atoms with Gasteiger partial charge in [0, 0.05) is 19.5 Å². The van der Waals surface area contributed by atoms with Crippen molar-refractivity contribution in [2.24, 2.45) is 0 Å². The Morgan fingerprint density at radius 3 is 3.05 bits per heavy atom. The smallest absolute Gasteiger partial charge is 0.123 e. The van der Waals surface area contributed by atoms with Crippen LogP contribution in [0.25, 0.3) is 0 Å². The summed E-state index contributed by atoms with van der Waals surface area (Å²) in [6.45, 7) is 7.11. The van der Waals surface area contributed by atoms with Gasteiger partial charge < -0.3 is 9.84 Å². The summed E-state index contributed by atoms with van der Waals surface area (Å²) >= 11 is 0. The molecule has 0 amide bonds. The number of hydrogen-bond donors (Lipinski definition) is 1. The van der Waals surface area contributed by atoms with E-state index in [0.29, 0.717) is 0 Å². The molecule has 110 valence electrons. The Morgan fingerprint density at radius 2 is 2.20 bits per heavy atom. The summed E-state index contributed by atoms with van der Waals surface area (Å²) < 4.78 is 6.05. The van der Waals surface area contributed by atoms with Crippen molar-refractivity contribution in [3.8, 4) is 5.75 Å². The van der Waals surface area contributed by atoms with Crippen LogP contribution in [0, 0.1) is 6.92 Å². The fourth-order valence-corrected chi connectivity index (χ4v) is 3.34. The SMILES string of the molecule is Cc1ccc2c(c1)CC(CN1CCCC(C)(O)CC1)O2. The average molecular weight is 275 g/mol. The van der Waals surface area contributed by atoms with Gasteiger partial charge in [0.1, 0.15) is 11.9 Å². The van der Waals surface area contributed by atoms with E-state index in [1.807, 2.05) is 6.92 Å². The second-order valence-corrected chi connectivity index (χ2v) is 6.71. The van der Waals surface area contributed by atoms with Crippen molar-refractivity contribution in [2.45, 2.75) is 51.2 Å². The van der Waals surface area contributed by atoms with Crippen LogP contribution >= 0.6 is 0 Å². The van der Waals surface area contributed by atoms with E-state index >= 15 is 0 Å². The van der Waals surface area contributed by atoms with Gasteiger partial charge in [0.15, 0.2) is 0 Å². The summed E-state index contributed by atoms with van der Waals surface area (Å²) in [4.78, 5) is 2.45. The predicted octanol–water partition coefficient (Wildman–Crippen LogP) is 2.54. The van der Waals surface area contributed by atoms with Crippen molar-refractivity contribution in [1.82, 2.24) is 4.90 Å². The Labute approximate surface area is 121 Å². The number of fused-ring (bicyclic) bond motifs is 1. The molecule has 3 heteroatoms. The van der Waals surface area contributed by atoms with Crippen molar-refractivity contribution in [2.75, 3.05) is 19.6 Å². The third-order valence-electron chi connectivity index (χ3n) is 4.58. The third kappa shape index (κ3) is 3.15. The van der Waals surface area contributed by atoms with E-state index in [-0.39, 0.29) is 6.10 Å². The molecule has 1 N–H and O–H groups in total. The highest BCUT2D eigenvalue weighted by molar-refractivity contribution is 5.40. The van der Waals surface area contributed by atoms with Gasteiger partial charge in [0.05, 0.1) is 5.60 Å². The first-order valence-electron chi connectivity index (χ1n) is 7.73. The van der Waals surface area contributed by atoms with E-state index in [9.17, 15) is 5.11 Å². The molecular weight excluding hydrogens is 250 g/mol. The highest BCUT2D eigenvalue weighted by atomic mass is 16.5. The largest absolute Gasteiger partial charge is 0.488 e. The number of hydrogen-bond acceptors (Lipinski definition) is 3. The third-order valence-corrected chi connectivity index (χ3v) is 4.58. The highest BCUT2D eigenvalue weighted by Crippen LogP contribution is 2.30. The maximum absolute atomic E-state index is 10.1. The first-order valence-corrected chi connectivity index (χ1v) is 7.73. The van der Waals surface area contributed by atoms with E-state index in [1.165, 1.54) is 11.1 Å². The lowest BCUT2D eigenvalue weighted by molar-refractivity contribution is 0.0432. The molecule has 2 unspecified atom stereocenters. The average Bonchev–Trinajstić information content (AvgIpc) is 2.68. The molecule has 20 heavy (non-hydrogen) atoms. The van der Waals surface area contributed by atoms with Gasteiger partial charge in [-0.2, -0.15) is 0 Å². The molecule has 0 bridgehead atoms. The summed E-state index contributed by atoms with van der Waals surface area (Å²) in [5.74, 6) is 1.06. The molecule has 1 aromatic rings. The van der Waals surface area contributed by atoms with Crippen molar-refractivity contribution in [3.63, 3.8) is 0 Å². The van der Waals surface area contributed by atoms with Crippen LogP contribution in [0.5, 0.6) is 5.75 Å². The minimum absolute atomic E-state index is 0.273. The second-order valence-electron chi connectivity index (χ2n) is 6.71. The van der Waals surface area contributed by atoms with Gasteiger partial charge >= 0.3 is 0 Å². The zero-order valence-electron chi connectivity index (χ0n) is 12.6. The zero-order chi connectivity index (χ0) is 14.2. The number of likely N-dealkylation sites (tertiary alicyclic amines) is 1. The minimum Gasteiger partial charge on any atom is -0.488 e. The summed E-state index contributed by atoms with van der Waals surface area (Å²) in [5.41, 5.74) is 2.17. The van der Waals surface area contributed by atoms with Gasteiger partial charge in [0.25, 0.3) is 0 Å². The number of ether oxygens (including phenoxy) is 1. The van der Waals surface area contributed by atoms with E-state index in [0.717, 1.165) is 51.1 Å². The van der Waals surface area contributed by atoms with Gasteiger partial charge in [-0.25, -0.2) is 0 Å². The van der Waals surface area contributed by atoms with Gasteiger partial charge in [-0.15, -0.1) is 0 Å². The lowest BCUT2D eigenvalue weighted by Crippen LogP contribution is -2.36. The topological polar surface area (TPSA) is 32.7 Å². The van der Waals surface area contributed by atoms with Crippen LogP contribution in [-0.2, 0) is 6.42 Å². The fourth-order valence-electron chi connectivity index (χ4n) is 3.34. The lowest BCUT2D eigenvalue weighted by Gasteiger charge is -2.24. The van der Waals surface area contributed by atoms with Crippen LogP contribution in [0.1, 0.15) is 37.3 Å². The molecule has 3 nitrogen and oxygen atoms in total.